The van der Waals surface area contributed by atoms with Crippen molar-refractivity contribution in [3.05, 3.63) is 35.6 Å². The highest BCUT2D eigenvalue weighted by atomic mass is 19.1. The number of hydrogen-bond donors (Lipinski definition) is 1. The summed E-state index contributed by atoms with van der Waals surface area (Å²) in [6.45, 7) is 6.73. The van der Waals surface area contributed by atoms with Gasteiger partial charge in [0.15, 0.2) is 0 Å². The van der Waals surface area contributed by atoms with Crippen LogP contribution in [0.5, 0.6) is 0 Å². The Labute approximate surface area is 127 Å². The third-order valence-electron chi connectivity index (χ3n) is 4.27. The Bertz CT molecular complexity index is 439. The fourth-order valence-corrected chi connectivity index (χ4v) is 3.23. The summed E-state index contributed by atoms with van der Waals surface area (Å²) in [7, 11) is 0. The average molecular weight is 294 g/mol. The number of halogens is 1. The number of hydrogen-bond acceptors (Lipinski definition) is 3. The fourth-order valence-electron chi connectivity index (χ4n) is 3.23. The SMILES string of the molecule is CCOC1CCCN(C(c2cccc(F)c2)C(N)CC)C1. The molecule has 0 bridgehead atoms. The van der Waals surface area contributed by atoms with E-state index in [2.05, 4.69) is 11.8 Å². The molecular formula is C17H27FN2O. The number of rotatable bonds is 6. The second-order valence-electron chi connectivity index (χ2n) is 5.79. The minimum atomic E-state index is -0.195. The van der Waals surface area contributed by atoms with E-state index in [1.54, 1.807) is 12.1 Å². The van der Waals surface area contributed by atoms with Crippen LogP contribution in [0.4, 0.5) is 4.39 Å². The molecule has 118 valence electrons. The molecule has 4 heteroatoms. The molecule has 0 radical (unpaired) electrons. The maximum absolute atomic E-state index is 13.6. The Hall–Kier alpha value is -0.970. The van der Waals surface area contributed by atoms with Crippen molar-refractivity contribution in [2.45, 2.75) is 51.3 Å². The molecule has 1 aromatic rings. The van der Waals surface area contributed by atoms with Gasteiger partial charge in [-0.3, -0.25) is 4.90 Å². The third kappa shape index (κ3) is 4.25. The molecule has 0 spiro atoms. The van der Waals surface area contributed by atoms with Crippen molar-refractivity contribution >= 4 is 0 Å². The number of benzene rings is 1. The fraction of sp³-hybridized carbons (Fsp3) is 0.647. The lowest BCUT2D eigenvalue weighted by atomic mass is 9.93. The lowest BCUT2D eigenvalue weighted by molar-refractivity contribution is -0.0116. The van der Waals surface area contributed by atoms with E-state index in [-0.39, 0.29) is 24.0 Å². The Morgan fingerprint density at radius 1 is 1.43 bits per heavy atom. The lowest BCUT2D eigenvalue weighted by Crippen LogP contribution is -2.47. The Kier molecular flexibility index (Phi) is 6.15. The highest BCUT2D eigenvalue weighted by Gasteiger charge is 2.30. The van der Waals surface area contributed by atoms with Crippen molar-refractivity contribution in [2.24, 2.45) is 5.73 Å². The summed E-state index contributed by atoms with van der Waals surface area (Å²) in [6.07, 6.45) is 3.34. The molecule has 3 nitrogen and oxygen atoms in total. The maximum atomic E-state index is 13.6. The van der Waals surface area contributed by atoms with E-state index in [0.29, 0.717) is 0 Å². The van der Waals surface area contributed by atoms with Gasteiger partial charge >= 0.3 is 0 Å². The van der Waals surface area contributed by atoms with Crippen molar-refractivity contribution in [1.29, 1.82) is 0 Å². The molecule has 3 atom stereocenters. The molecule has 0 aromatic heterocycles. The standard InChI is InChI=1S/C17H27FN2O/c1-3-16(19)17(13-7-5-8-14(18)11-13)20-10-6-9-15(12-20)21-4-2/h5,7-8,11,15-17H,3-4,6,9-10,12,19H2,1-2H3. The monoisotopic (exact) mass is 294 g/mol. The Balaban J connectivity index is 2.19. The predicted octanol–water partition coefficient (Wildman–Crippen LogP) is 3.11. The second-order valence-corrected chi connectivity index (χ2v) is 5.79. The molecule has 2 N–H and O–H groups in total. The summed E-state index contributed by atoms with van der Waals surface area (Å²) in [4.78, 5) is 2.37. The van der Waals surface area contributed by atoms with Crippen molar-refractivity contribution in [1.82, 2.24) is 4.90 Å². The molecule has 1 aliphatic heterocycles. The first kappa shape index (κ1) is 16.4. The van der Waals surface area contributed by atoms with Gasteiger partial charge < -0.3 is 10.5 Å². The maximum Gasteiger partial charge on any atom is 0.123 e. The lowest BCUT2D eigenvalue weighted by Gasteiger charge is -2.40. The van der Waals surface area contributed by atoms with Crippen LogP contribution in [0.15, 0.2) is 24.3 Å². The summed E-state index contributed by atoms with van der Waals surface area (Å²) >= 11 is 0. The zero-order chi connectivity index (χ0) is 15.2. The van der Waals surface area contributed by atoms with Gasteiger partial charge in [-0.05, 0) is 50.4 Å². The first-order valence-corrected chi connectivity index (χ1v) is 8.02. The second kappa shape index (κ2) is 7.87. The number of likely N-dealkylation sites (tertiary alicyclic amines) is 1. The number of nitrogens with zero attached hydrogens (tertiary/aromatic N) is 1. The van der Waals surface area contributed by atoms with Gasteiger partial charge in [0.25, 0.3) is 0 Å². The number of ether oxygens (including phenoxy) is 1. The average Bonchev–Trinajstić information content (AvgIpc) is 2.48. The van der Waals surface area contributed by atoms with Gasteiger partial charge in [0.1, 0.15) is 5.82 Å². The number of nitrogens with two attached hydrogens (primary N) is 1. The molecule has 1 heterocycles. The summed E-state index contributed by atoms with van der Waals surface area (Å²) in [5.74, 6) is -0.195. The van der Waals surface area contributed by atoms with Crippen LogP contribution in [0.1, 0.15) is 44.7 Å². The first-order valence-electron chi connectivity index (χ1n) is 8.02. The van der Waals surface area contributed by atoms with Gasteiger partial charge in [0.2, 0.25) is 0 Å². The molecule has 3 unspecified atom stereocenters. The highest BCUT2D eigenvalue weighted by molar-refractivity contribution is 5.22. The smallest absolute Gasteiger partial charge is 0.123 e. The highest BCUT2D eigenvalue weighted by Crippen LogP contribution is 2.29. The van der Waals surface area contributed by atoms with Crippen molar-refractivity contribution in [3.8, 4) is 0 Å². The van der Waals surface area contributed by atoms with Crippen LogP contribution in [-0.4, -0.2) is 36.7 Å². The van der Waals surface area contributed by atoms with Gasteiger partial charge in [0.05, 0.1) is 12.1 Å². The largest absolute Gasteiger partial charge is 0.377 e. The minimum Gasteiger partial charge on any atom is -0.377 e. The van der Waals surface area contributed by atoms with Gasteiger partial charge in [0, 0.05) is 19.2 Å². The van der Waals surface area contributed by atoms with Crippen LogP contribution in [-0.2, 0) is 4.74 Å². The van der Waals surface area contributed by atoms with E-state index in [9.17, 15) is 4.39 Å². The van der Waals surface area contributed by atoms with Gasteiger partial charge in [-0.25, -0.2) is 4.39 Å². The van der Waals surface area contributed by atoms with E-state index in [0.717, 1.165) is 44.5 Å². The van der Waals surface area contributed by atoms with E-state index in [1.165, 1.54) is 6.07 Å². The van der Waals surface area contributed by atoms with Gasteiger partial charge in [-0.15, -0.1) is 0 Å². The molecule has 0 saturated carbocycles. The van der Waals surface area contributed by atoms with Gasteiger partial charge in [-0.2, -0.15) is 0 Å². The van der Waals surface area contributed by atoms with Crippen molar-refractivity contribution in [2.75, 3.05) is 19.7 Å². The summed E-state index contributed by atoms with van der Waals surface area (Å²) in [6, 6.07) is 6.92. The van der Waals surface area contributed by atoms with E-state index < -0.39 is 0 Å². The van der Waals surface area contributed by atoms with Gasteiger partial charge in [-0.1, -0.05) is 19.1 Å². The van der Waals surface area contributed by atoms with E-state index in [4.69, 9.17) is 10.5 Å². The summed E-state index contributed by atoms with van der Waals surface area (Å²) in [5.41, 5.74) is 7.32. The summed E-state index contributed by atoms with van der Waals surface area (Å²) < 4.78 is 19.4. The molecule has 21 heavy (non-hydrogen) atoms. The van der Waals surface area contributed by atoms with E-state index in [1.807, 2.05) is 13.0 Å². The van der Waals surface area contributed by atoms with Crippen LogP contribution in [0, 0.1) is 5.82 Å². The molecule has 1 fully saturated rings. The zero-order valence-electron chi connectivity index (χ0n) is 13.1. The van der Waals surface area contributed by atoms with Crippen LogP contribution >= 0.6 is 0 Å². The van der Waals surface area contributed by atoms with Crippen molar-refractivity contribution < 1.29 is 9.13 Å². The molecule has 2 rings (SSSR count). The van der Waals surface area contributed by atoms with Crippen LogP contribution < -0.4 is 5.73 Å². The molecule has 0 amide bonds. The zero-order valence-corrected chi connectivity index (χ0v) is 13.1. The predicted molar refractivity (Wildman–Crippen MR) is 83.6 cm³/mol. The van der Waals surface area contributed by atoms with Crippen LogP contribution in [0.25, 0.3) is 0 Å². The minimum absolute atomic E-state index is 0.00664. The van der Waals surface area contributed by atoms with Crippen LogP contribution in [0.2, 0.25) is 0 Å². The molecule has 0 aliphatic carbocycles. The van der Waals surface area contributed by atoms with E-state index >= 15 is 0 Å². The normalized spacial score (nSPS) is 23.0. The number of piperidine rings is 1. The molecule has 1 aromatic carbocycles. The quantitative estimate of drug-likeness (QED) is 0.876. The Morgan fingerprint density at radius 2 is 2.24 bits per heavy atom. The summed E-state index contributed by atoms with van der Waals surface area (Å²) in [5, 5.41) is 0. The molecule has 1 aliphatic rings. The Morgan fingerprint density at radius 3 is 2.90 bits per heavy atom. The van der Waals surface area contributed by atoms with Crippen LogP contribution in [0.3, 0.4) is 0 Å². The first-order chi connectivity index (χ1) is 10.2. The van der Waals surface area contributed by atoms with Crippen molar-refractivity contribution in [3.63, 3.8) is 0 Å². The molecule has 1 saturated heterocycles. The third-order valence-corrected chi connectivity index (χ3v) is 4.27. The topological polar surface area (TPSA) is 38.5 Å². The molecular weight excluding hydrogens is 267 g/mol.